The van der Waals surface area contributed by atoms with Crippen molar-refractivity contribution in [1.29, 1.82) is 0 Å². The SMILES string of the molecule is O=c1[nH]c(=O)c2c(nc(N3CCNCC3)n2Cc2ccccc2)[nH]1. The van der Waals surface area contributed by atoms with E-state index in [0.29, 0.717) is 23.7 Å². The van der Waals surface area contributed by atoms with Gasteiger partial charge in [-0.3, -0.25) is 19.3 Å². The molecule has 3 heterocycles. The fourth-order valence-corrected chi connectivity index (χ4v) is 3.08. The fraction of sp³-hybridized carbons (Fsp3) is 0.312. The van der Waals surface area contributed by atoms with E-state index in [4.69, 9.17) is 0 Å². The highest BCUT2D eigenvalue weighted by atomic mass is 16.2. The molecule has 1 aromatic carbocycles. The number of imidazole rings is 1. The lowest BCUT2D eigenvalue weighted by Gasteiger charge is -2.28. The average molecular weight is 326 g/mol. The Morgan fingerprint density at radius 3 is 2.54 bits per heavy atom. The Bertz CT molecular complexity index is 966. The van der Waals surface area contributed by atoms with Gasteiger partial charge in [-0.15, -0.1) is 0 Å². The number of aromatic nitrogens is 4. The third-order valence-electron chi connectivity index (χ3n) is 4.20. The maximum absolute atomic E-state index is 12.3. The highest BCUT2D eigenvalue weighted by molar-refractivity contribution is 5.74. The standard InChI is InChI=1S/C16H18N6O2/c23-14-12-13(18-15(24)20-14)19-16(21-8-6-17-7-9-21)22(12)10-11-4-2-1-3-5-11/h1-5,17H,6-10H2,(H2,18,20,23,24). The summed E-state index contributed by atoms with van der Waals surface area (Å²) in [5.74, 6) is 0.711. The first-order chi connectivity index (χ1) is 11.7. The molecule has 0 unspecified atom stereocenters. The first-order valence-corrected chi connectivity index (χ1v) is 7.95. The largest absolute Gasteiger partial charge is 0.340 e. The molecule has 1 aliphatic heterocycles. The van der Waals surface area contributed by atoms with E-state index in [1.54, 1.807) is 0 Å². The van der Waals surface area contributed by atoms with Crippen LogP contribution in [0.1, 0.15) is 5.56 Å². The minimum atomic E-state index is -0.538. The number of anilines is 1. The van der Waals surface area contributed by atoms with E-state index in [1.807, 2.05) is 34.9 Å². The van der Waals surface area contributed by atoms with Crippen molar-refractivity contribution in [2.75, 3.05) is 31.1 Å². The van der Waals surface area contributed by atoms with Gasteiger partial charge in [0.05, 0.1) is 6.54 Å². The number of piperazine rings is 1. The third kappa shape index (κ3) is 2.61. The summed E-state index contributed by atoms with van der Waals surface area (Å²) in [7, 11) is 0. The Balaban J connectivity index is 1.89. The van der Waals surface area contributed by atoms with Gasteiger partial charge in [-0.2, -0.15) is 4.98 Å². The van der Waals surface area contributed by atoms with Crippen LogP contribution in [-0.4, -0.2) is 45.7 Å². The fourth-order valence-electron chi connectivity index (χ4n) is 3.08. The average Bonchev–Trinajstić information content (AvgIpc) is 2.95. The third-order valence-corrected chi connectivity index (χ3v) is 4.20. The van der Waals surface area contributed by atoms with E-state index in [1.165, 1.54) is 0 Å². The summed E-state index contributed by atoms with van der Waals surface area (Å²) >= 11 is 0. The Kier molecular flexibility index (Phi) is 3.66. The molecule has 1 aliphatic rings. The normalized spacial score (nSPS) is 15.1. The van der Waals surface area contributed by atoms with Gasteiger partial charge in [0, 0.05) is 26.2 Å². The Hall–Kier alpha value is -2.87. The monoisotopic (exact) mass is 326 g/mol. The van der Waals surface area contributed by atoms with Crippen molar-refractivity contribution in [3.05, 3.63) is 56.7 Å². The predicted molar refractivity (Wildman–Crippen MR) is 91.6 cm³/mol. The van der Waals surface area contributed by atoms with Crippen LogP contribution in [-0.2, 0) is 6.54 Å². The van der Waals surface area contributed by atoms with E-state index < -0.39 is 11.2 Å². The summed E-state index contributed by atoms with van der Waals surface area (Å²) in [4.78, 5) is 35.5. The number of aromatic amines is 2. The zero-order valence-corrected chi connectivity index (χ0v) is 13.1. The van der Waals surface area contributed by atoms with Crippen molar-refractivity contribution in [3.8, 4) is 0 Å². The summed E-state index contributed by atoms with van der Waals surface area (Å²) in [6, 6.07) is 9.90. The molecule has 0 bridgehead atoms. The number of hydrogen-bond donors (Lipinski definition) is 3. The molecule has 0 aliphatic carbocycles. The van der Waals surface area contributed by atoms with Crippen LogP contribution in [0.4, 0.5) is 5.95 Å². The molecule has 0 radical (unpaired) electrons. The van der Waals surface area contributed by atoms with Gasteiger partial charge in [-0.1, -0.05) is 30.3 Å². The van der Waals surface area contributed by atoms with E-state index in [2.05, 4.69) is 25.2 Å². The van der Waals surface area contributed by atoms with Crippen LogP contribution in [0.5, 0.6) is 0 Å². The topological polar surface area (TPSA) is 98.8 Å². The summed E-state index contributed by atoms with van der Waals surface area (Å²) in [6.45, 7) is 3.86. The Morgan fingerprint density at radius 1 is 1.04 bits per heavy atom. The molecular formula is C16H18N6O2. The Morgan fingerprint density at radius 2 is 1.79 bits per heavy atom. The van der Waals surface area contributed by atoms with Gasteiger partial charge in [0.1, 0.15) is 0 Å². The molecule has 8 heteroatoms. The number of rotatable bonds is 3. The summed E-state index contributed by atoms with van der Waals surface area (Å²) in [6.07, 6.45) is 0. The van der Waals surface area contributed by atoms with E-state index >= 15 is 0 Å². The van der Waals surface area contributed by atoms with Crippen molar-refractivity contribution in [2.45, 2.75) is 6.54 Å². The van der Waals surface area contributed by atoms with Crippen LogP contribution < -0.4 is 21.5 Å². The van der Waals surface area contributed by atoms with Gasteiger partial charge < -0.3 is 10.2 Å². The van der Waals surface area contributed by atoms with E-state index in [-0.39, 0.29) is 0 Å². The highest BCUT2D eigenvalue weighted by Gasteiger charge is 2.21. The maximum atomic E-state index is 12.3. The molecule has 0 atom stereocenters. The molecule has 3 aromatic rings. The second-order valence-electron chi connectivity index (χ2n) is 5.83. The Labute approximate surface area is 137 Å². The van der Waals surface area contributed by atoms with Gasteiger partial charge in [-0.25, -0.2) is 4.79 Å². The lowest BCUT2D eigenvalue weighted by atomic mass is 10.2. The minimum Gasteiger partial charge on any atom is -0.340 e. The summed E-state index contributed by atoms with van der Waals surface area (Å²) < 4.78 is 1.88. The molecule has 0 saturated carbocycles. The zero-order chi connectivity index (χ0) is 16.5. The van der Waals surface area contributed by atoms with E-state index in [9.17, 15) is 9.59 Å². The number of fused-ring (bicyclic) bond motifs is 1. The smallest absolute Gasteiger partial charge is 0.327 e. The molecule has 2 aromatic heterocycles. The second kappa shape index (κ2) is 5.97. The molecule has 1 saturated heterocycles. The predicted octanol–water partition coefficient (Wildman–Crippen LogP) is -0.129. The van der Waals surface area contributed by atoms with E-state index in [0.717, 1.165) is 31.7 Å². The minimum absolute atomic E-state index is 0.327. The van der Waals surface area contributed by atoms with Crippen molar-refractivity contribution < 1.29 is 0 Å². The molecule has 24 heavy (non-hydrogen) atoms. The lowest BCUT2D eigenvalue weighted by molar-refractivity contribution is 0.571. The van der Waals surface area contributed by atoms with Crippen LogP contribution in [0, 0.1) is 0 Å². The van der Waals surface area contributed by atoms with Gasteiger partial charge >= 0.3 is 5.69 Å². The van der Waals surface area contributed by atoms with Crippen LogP contribution in [0.25, 0.3) is 11.2 Å². The summed E-state index contributed by atoms with van der Waals surface area (Å²) in [5.41, 5.74) is 0.835. The number of nitrogens with zero attached hydrogens (tertiary/aromatic N) is 3. The van der Waals surface area contributed by atoms with Gasteiger partial charge in [0.2, 0.25) is 5.95 Å². The number of benzene rings is 1. The van der Waals surface area contributed by atoms with Gasteiger partial charge in [-0.05, 0) is 5.56 Å². The number of nitrogens with one attached hydrogen (secondary N) is 3. The number of hydrogen-bond acceptors (Lipinski definition) is 5. The molecular weight excluding hydrogens is 308 g/mol. The van der Waals surface area contributed by atoms with Gasteiger partial charge in [0.15, 0.2) is 11.2 Å². The van der Waals surface area contributed by atoms with Crippen molar-refractivity contribution in [1.82, 2.24) is 24.8 Å². The summed E-state index contributed by atoms with van der Waals surface area (Å²) in [5, 5.41) is 3.30. The second-order valence-corrected chi connectivity index (χ2v) is 5.83. The molecule has 4 rings (SSSR count). The lowest BCUT2D eigenvalue weighted by Crippen LogP contribution is -2.44. The van der Waals surface area contributed by atoms with Crippen LogP contribution in [0.3, 0.4) is 0 Å². The molecule has 0 spiro atoms. The zero-order valence-electron chi connectivity index (χ0n) is 13.1. The van der Waals surface area contributed by atoms with Crippen LogP contribution in [0.15, 0.2) is 39.9 Å². The van der Waals surface area contributed by atoms with Crippen LogP contribution >= 0.6 is 0 Å². The van der Waals surface area contributed by atoms with Crippen molar-refractivity contribution in [3.63, 3.8) is 0 Å². The first kappa shape index (κ1) is 14.7. The van der Waals surface area contributed by atoms with Crippen molar-refractivity contribution >= 4 is 17.1 Å². The molecule has 3 N–H and O–H groups in total. The molecule has 124 valence electrons. The molecule has 0 amide bonds. The number of H-pyrrole nitrogens is 2. The molecule has 1 fully saturated rings. The molecule has 8 nitrogen and oxygen atoms in total. The highest BCUT2D eigenvalue weighted by Crippen LogP contribution is 2.20. The maximum Gasteiger partial charge on any atom is 0.327 e. The van der Waals surface area contributed by atoms with Crippen LogP contribution in [0.2, 0.25) is 0 Å². The van der Waals surface area contributed by atoms with Gasteiger partial charge in [0.25, 0.3) is 5.56 Å². The van der Waals surface area contributed by atoms with Crippen molar-refractivity contribution in [2.24, 2.45) is 0 Å². The first-order valence-electron chi connectivity index (χ1n) is 7.95. The quantitative estimate of drug-likeness (QED) is 0.623.